The molecule has 0 amide bonds. The number of hydrogen-bond acceptors (Lipinski definition) is 5. The summed E-state index contributed by atoms with van der Waals surface area (Å²) < 4.78 is 10.5. The third-order valence-electron chi connectivity index (χ3n) is 4.19. The normalized spacial score (nSPS) is 16.5. The highest BCUT2D eigenvalue weighted by Crippen LogP contribution is 2.25. The number of ketones is 1. The number of benzene rings is 1. The van der Waals surface area contributed by atoms with Gasteiger partial charge in [-0.2, -0.15) is 0 Å². The lowest BCUT2D eigenvalue weighted by Crippen LogP contribution is -2.45. The van der Waals surface area contributed by atoms with Crippen LogP contribution in [0.25, 0.3) is 6.08 Å². The van der Waals surface area contributed by atoms with Gasteiger partial charge in [-0.05, 0) is 18.6 Å². The fourth-order valence-corrected chi connectivity index (χ4v) is 2.90. The highest BCUT2D eigenvalue weighted by molar-refractivity contribution is 6.22. The van der Waals surface area contributed by atoms with Crippen molar-refractivity contribution >= 4 is 17.8 Å². The van der Waals surface area contributed by atoms with E-state index >= 15 is 0 Å². The van der Waals surface area contributed by atoms with Crippen molar-refractivity contribution in [1.82, 2.24) is 4.90 Å². The van der Waals surface area contributed by atoms with E-state index in [2.05, 4.69) is 4.90 Å². The molecule has 1 fully saturated rings. The van der Waals surface area contributed by atoms with E-state index in [1.165, 1.54) is 0 Å². The Morgan fingerprint density at radius 2 is 1.84 bits per heavy atom. The predicted octanol–water partition coefficient (Wildman–Crippen LogP) is 2.56. The first-order valence-electron chi connectivity index (χ1n) is 8.73. The van der Waals surface area contributed by atoms with Crippen molar-refractivity contribution < 1.29 is 19.1 Å². The highest BCUT2D eigenvalue weighted by Gasteiger charge is 2.35. The zero-order valence-electron chi connectivity index (χ0n) is 15.3. The van der Waals surface area contributed by atoms with Crippen LogP contribution in [-0.2, 0) is 19.1 Å². The van der Waals surface area contributed by atoms with Gasteiger partial charge < -0.3 is 9.47 Å². The van der Waals surface area contributed by atoms with E-state index < -0.39 is 11.4 Å². The van der Waals surface area contributed by atoms with Crippen LogP contribution >= 0.6 is 0 Å². The van der Waals surface area contributed by atoms with Gasteiger partial charge in [0.15, 0.2) is 5.78 Å². The SMILES string of the molecule is CCOC(=O)/C(=C\c1ccccc1)C(=O)C(C)(C)CN1CCOCC1. The molecule has 1 aliphatic heterocycles. The topological polar surface area (TPSA) is 55.8 Å². The van der Waals surface area contributed by atoms with E-state index in [0.717, 1.165) is 18.7 Å². The lowest BCUT2D eigenvalue weighted by atomic mass is 9.82. The first kappa shape index (κ1) is 19.3. The minimum absolute atomic E-state index is 0.103. The summed E-state index contributed by atoms with van der Waals surface area (Å²) in [5, 5.41) is 0. The number of ether oxygens (including phenoxy) is 2. The summed E-state index contributed by atoms with van der Waals surface area (Å²) in [6.45, 7) is 9.27. The molecule has 0 unspecified atom stereocenters. The Balaban J connectivity index is 2.24. The van der Waals surface area contributed by atoms with Gasteiger partial charge >= 0.3 is 5.97 Å². The summed E-state index contributed by atoms with van der Waals surface area (Å²) in [4.78, 5) is 27.7. The minimum Gasteiger partial charge on any atom is -0.462 e. The van der Waals surface area contributed by atoms with Crippen LogP contribution in [0.15, 0.2) is 35.9 Å². The average molecular weight is 345 g/mol. The van der Waals surface area contributed by atoms with Crippen LogP contribution in [0.2, 0.25) is 0 Å². The molecule has 0 aromatic heterocycles. The summed E-state index contributed by atoms with van der Waals surface area (Å²) in [5.74, 6) is -0.757. The van der Waals surface area contributed by atoms with Gasteiger partial charge in [-0.25, -0.2) is 4.79 Å². The molecule has 0 radical (unpaired) electrons. The number of Topliss-reactive ketones (excluding diaryl/α,β-unsaturated/α-hetero) is 1. The van der Waals surface area contributed by atoms with E-state index in [1.54, 1.807) is 13.0 Å². The molecule has 0 spiro atoms. The summed E-state index contributed by atoms with van der Waals surface area (Å²) in [7, 11) is 0. The quantitative estimate of drug-likeness (QED) is 0.329. The van der Waals surface area contributed by atoms with Gasteiger partial charge in [0.25, 0.3) is 0 Å². The smallest absolute Gasteiger partial charge is 0.341 e. The lowest BCUT2D eigenvalue weighted by molar-refractivity contribution is -0.141. The van der Waals surface area contributed by atoms with Crippen molar-refractivity contribution in [3.05, 3.63) is 41.5 Å². The van der Waals surface area contributed by atoms with Crippen LogP contribution < -0.4 is 0 Å². The predicted molar refractivity (Wildman–Crippen MR) is 97.1 cm³/mol. The van der Waals surface area contributed by atoms with E-state index in [1.807, 2.05) is 44.2 Å². The van der Waals surface area contributed by atoms with E-state index in [4.69, 9.17) is 9.47 Å². The highest BCUT2D eigenvalue weighted by atomic mass is 16.5. The van der Waals surface area contributed by atoms with Crippen molar-refractivity contribution in [2.24, 2.45) is 5.41 Å². The molecule has 1 aromatic carbocycles. The Labute approximate surface area is 149 Å². The fraction of sp³-hybridized carbons (Fsp3) is 0.500. The second-order valence-corrected chi connectivity index (χ2v) is 6.79. The second kappa shape index (κ2) is 8.92. The molecule has 1 saturated heterocycles. The van der Waals surface area contributed by atoms with Crippen LogP contribution in [0.3, 0.4) is 0 Å². The molecule has 1 heterocycles. The third kappa shape index (κ3) is 5.51. The molecule has 0 saturated carbocycles. The molecular formula is C20H27NO4. The standard InChI is InChI=1S/C20H27NO4/c1-4-25-19(23)17(14-16-8-6-5-7-9-16)18(22)20(2,3)15-21-10-12-24-13-11-21/h5-9,14H,4,10-13,15H2,1-3H3/b17-14-. The zero-order chi connectivity index (χ0) is 18.3. The first-order valence-corrected chi connectivity index (χ1v) is 8.73. The number of hydrogen-bond donors (Lipinski definition) is 0. The summed E-state index contributed by atoms with van der Waals surface area (Å²) in [6, 6.07) is 9.37. The molecule has 1 aromatic rings. The van der Waals surface area contributed by atoms with E-state index in [0.29, 0.717) is 19.8 Å². The van der Waals surface area contributed by atoms with Crippen LogP contribution in [-0.4, -0.2) is 56.1 Å². The van der Waals surface area contributed by atoms with Gasteiger partial charge in [0.05, 0.1) is 19.8 Å². The number of rotatable bonds is 7. The van der Waals surface area contributed by atoms with Crippen molar-refractivity contribution in [2.45, 2.75) is 20.8 Å². The van der Waals surface area contributed by atoms with Gasteiger partial charge in [-0.15, -0.1) is 0 Å². The molecule has 1 aliphatic rings. The van der Waals surface area contributed by atoms with Gasteiger partial charge in [0, 0.05) is 25.0 Å². The van der Waals surface area contributed by atoms with Crippen molar-refractivity contribution in [2.75, 3.05) is 39.5 Å². The molecule has 0 aliphatic carbocycles. The first-order chi connectivity index (χ1) is 11.9. The average Bonchev–Trinajstić information content (AvgIpc) is 2.60. The molecule has 136 valence electrons. The number of nitrogens with zero attached hydrogens (tertiary/aromatic N) is 1. The Bertz CT molecular complexity index is 616. The Kier molecular flexibility index (Phi) is 6.91. The lowest BCUT2D eigenvalue weighted by Gasteiger charge is -2.34. The maximum atomic E-state index is 13.1. The van der Waals surface area contributed by atoms with E-state index in [-0.39, 0.29) is 18.0 Å². The van der Waals surface area contributed by atoms with Crippen molar-refractivity contribution in [3.63, 3.8) is 0 Å². The summed E-state index contributed by atoms with van der Waals surface area (Å²) in [5.41, 5.74) is 0.220. The van der Waals surface area contributed by atoms with Crippen LogP contribution in [0.5, 0.6) is 0 Å². The molecule has 5 nitrogen and oxygen atoms in total. The molecule has 0 atom stereocenters. The van der Waals surface area contributed by atoms with Crippen LogP contribution in [0, 0.1) is 5.41 Å². The monoisotopic (exact) mass is 345 g/mol. The van der Waals surface area contributed by atoms with Crippen molar-refractivity contribution in [1.29, 1.82) is 0 Å². The fourth-order valence-electron chi connectivity index (χ4n) is 2.90. The number of carbonyl (C=O) groups excluding carboxylic acids is 2. The number of morpholine rings is 1. The summed E-state index contributed by atoms with van der Waals surface area (Å²) >= 11 is 0. The molecule has 5 heteroatoms. The third-order valence-corrected chi connectivity index (χ3v) is 4.19. The minimum atomic E-state index is -0.690. The van der Waals surface area contributed by atoms with Gasteiger partial charge in [0.2, 0.25) is 0 Å². The Morgan fingerprint density at radius 1 is 1.20 bits per heavy atom. The van der Waals surface area contributed by atoms with E-state index in [9.17, 15) is 9.59 Å². The molecule has 0 N–H and O–H groups in total. The molecule has 0 bridgehead atoms. The molecular weight excluding hydrogens is 318 g/mol. The second-order valence-electron chi connectivity index (χ2n) is 6.79. The maximum absolute atomic E-state index is 13.1. The Morgan fingerprint density at radius 3 is 2.44 bits per heavy atom. The maximum Gasteiger partial charge on any atom is 0.341 e. The Hall–Kier alpha value is -1.98. The summed E-state index contributed by atoms with van der Waals surface area (Å²) in [6.07, 6.45) is 1.63. The molecule has 25 heavy (non-hydrogen) atoms. The van der Waals surface area contributed by atoms with Gasteiger partial charge in [-0.1, -0.05) is 44.2 Å². The largest absolute Gasteiger partial charge is 0.462 e. The van der Waals surface area contributed by atoms with Crippen LogP contribution in [0.1, 0.15) is 26.3 Å². The zero-order valence-corrected chi connectivity index (χ0v) is 15.3. The van der Waals surface area contributed by atoms with Crippen molar-refractivity contribution in [3.8, 4) is 0 Å². The van der Waals surface area contributed by atoms with Gasteiger partial charge in [0.1, 0.15) is 5.57 Å². The molecule has 2 rings (SSSR count). The number of carbonyl (C=O) groups is 2. The number of esters is 1. The van der Waals surface area contributed by atoms with Crippen LogP contribution in [0.4, 0.5) is 0 Å². The van der Waals surface area contributed by atoms with Gasteiger partial charge in [-0.3, -0.25) is 9.69 Å².